The summed E-state index contributed by atoms with van der Waals surface area (Å²) in [6.07, 6.45) is -1.06. The Labute approximate surface area is 115 Å². The van der Waals surface area contributed by atoms with Crippen molar-refractivity contribution in [3.63, 3.8) is 0 Å². The van der Waals surface area contributed by atoms with Crippen molar-refractivity contribution >= 4 is 0 Å². The minimum Gasteiger partial charge on any atom is -0.323 e. The summed E-state index contributed by atoms with van der Waals surface area (Å²) in [6.45, 7) is 1.89. The summed E-state index contributed by atoms with van der Waals surface area (Å²) in [5.74, 6) is -0.0958. The summed E-state index contributed by atoms with van der Waals surface area (Å²) in [5, 5.41) is 0. The van der Waals surface area contributed by atoms with E-state index in [9.17, 15) is 13.2 Å². The highest BCUT2D eigenvalue weighted by Crippen LogP contribution is 2.33. The van der Waals surface area contributed by atoms with Gasteiger partial charge in [0.2, 0.25) is 0 Å². The summed E-state index contributed by atoms with van der Waals surface area (Å²) in [7, 11) is 0. The highest BCUT2D eigenvalue weighted by molar-refractivity contribution is 5.31. The fourth-order valence-electron chi connectivity index (χ4n) is 2.09. The zero-order valence-corrected chi connectivity index (χ0v) is 10.9. The van der Waals surface area contributed by atoms with Crippen molar-refractivity contribution in [2.45, 2.75) is 25.1 Å². The van der Waals surface area contributed by atoms with E-state index in [2.05, 4.69) is 4.98 Å². The van der Waals surface area contributed by atoms with Crippen LogP contribution in [0.1, 0.15) is 35.6 Å². The first kappa shape index (κ1) is 14.5. The van der Waals surface area contributed by atoms with E-state index in [1.54, 1.807) is 18.5 Å². The summed E-state index contributed by atoms with van der Waals surface area (Å²) < 4.78 is 38.1. The number of halogens is 3. The number of nitrogens with two attached hydrogens (primary N) is 1. The topological polar surface area (TPSA) is 38.9 Å². The SMILES string of the molecule is CC(c1ccncc1)C(N)c1cccc(C(F)(F)F)c1. The van der Waals surface area contributed by atoms with Crippen LogP contribution in [0.25, 0.3) is 0 Å². The van der Waals surface area contributed by atoms with E-state index < -0.39 is 17.8 Å². The van der Waals surface area contributed by atoms with Gasteiger partial charge >= 0.3 is 6.18 Å². The Morgan fingerprint density at radius 3 is 2.30 bits per heavy atom. The van der Waals surface area contributed by atoms with Gasteiger partial charge in [-0.3, -0.25) is 4.98 Å². The highest BCUT2D eigenvalue weighted by Gasteiger charge is 2.31. The quantitative estimate of drug-likeness (QED) is 0.926. The largest absolute Gasteiger partial charge is 0.416 e. The van der Waals surface area contributed by atoms with Crippen LogP contribution in [-0.2, 0) is 6.18 Å². The molecule has 2 nitrogen and oxygen atoms in total. The van der Waals surface area contributed by atoms with Crippen LogP contribution in [0.15, 0.2) is 48.8 Å². The van der Waals surface area contributed by atoms with E-state index >= 15 is 0 Å². The van der Waals surface area contributed by atoms with Gasteiger partial charge in [0.05, 0.1) is 5.56 Å². The average Bonchev–Trinajstić information content (AvgIpc) is 2.46. The minimum absolute atomic E-state index is 0.0958. The predicted octanol–water partition coefficient (Wildman–Crippen LogP) is 3.90. The Bertz CT molecular complexity index is 567. The first-order valence-electron chi connectivity index (χ1n) is 6.22. The standard InChI is InChI=1S/C15H15F3N2/c1-10(11-5-7-20-8-6-11)14(19)12-3-2-4-13(9-12)15(16,17)18/h2-10,14H,19H2,1H3. The van der Waals surface area contributed by atoms with E-state index in [1.165, 1.54) is 6.07 Å². The second-order valence-corrected chi connectivity index (χ2v) is 4.72. The van der Waals surface area contributed by atoms with Crippen molar-refractivity contribution in [1.29, 1.82) is 0 Å². The summed E-state index contributed by atoms with van der Waals surface area (Å²) in [6, 6.07) is 8.31. The van der Waals surface area contributed by atoms with Crippen LogP contribution in [0.2, 0.25) is 0 Å². The molecule has 0 saturated heterocycles. The van der Waals surface area contributed by atoms with Crippen molar-refractivity contribution in [1.82, 2.24) is 4.98 Å². The number of alkyl halides is 3. The lowest BCUT2D eigenvalue weighted by Crippen LogP contribution is -2.18. The second-order valence-electron chi connectivity index (χ2n) is 4.72. The number of hydrogen-bond donors (Lipinski definition) is 1. The average molecular weight is 280 g/mol. The summed E-state index contributed by atoms with van der Waals surface area (Å²) >= 11 is 0. The number of aromatic nitrogens is 1. The molecule has 1 aromatic carbocycles. The van der Waals surface area contributed by atoms with Crippen LogP contribution in [0.5, 0.6) is 0 Å². The fourth-order valence-corrected chi connectivity index (χ4v) is 2.09. The van der Waals surface area contributed by atoms with Crippen molar-refractivity contribution < 1.29 is 13.2 Å². The van der Waals surface area contributed by atoms with Crippen molar-refractivity contribution in [3.8, 4) is 0 Å². The molecule has 1 aromatic heterocycles. The molecule has 0 amide bonds. The molecule has 0 bridgehead atoms. The fraction of sp³-hybridized carbons (Fsp3) is 0.267. The van der Waals surface area contributed by atoms with Crippen molar-refractivity contribution in [3.05, 3.63) is 65.5 Å². The lowest BCUT2D eigenvalue weighted by molar-refractivity contribution is -0.137. The van der Waals surface area contributed by atoms with E-state index in [-0.39, 0.29) is 5.92 Å². The number of hydrogen-bond acceptors (Lipinski definition) is 2. The van der Waals surface area contributed by atoms with Gasteiger partial charge in [-0.15, -0.1) is 0 Å². The van der Waals surface area contributed by atoms with Gasteiger partial charge in [0.15, 0.2) is 0 Å². The van der Waals surface area contributed by atoms with Crippen LogP contribution in [0.4, 0.5) is 13.2 Å². The van der Waals surface area contributed by atoms with E-state index in [0.29, 0.717) is 5.56 Å². The molecule has 0 fully saturated rings. The molecule has 0 saturated carbocycles. The molecule has 0 aliphatic heterocycles. The van der Waals surface area contributed by atoms with Crippen molar-refractivity contribution in [2.24, 2.45) is 5.73 Å². The Morgan fingerprint density at radius 1 is 1.05 bits per heavy atom. The maximum atomic E-state index is 12.7. The molecule has 2 unspecified atom stereocenters. The van der Waals surface area contributed by atoms with E-state index in [4.69, 9.17) is 5.73 Å². The van der Waals surface area contributed by atoms with Crippen LogP contribution in [0.3, 0.4) is 0 Å². The maximum absolute atomic E-state index is 12.7. The summed E-state index contributed by atoms with van der Waals surface area (Å²) in [5.41, 5.74) is 6.85. The molecule has 106 valence electrons. The minimum atomic E-state index is -4.35. The molecule has 2 aromatic rings. The zero-order chi connectivity index (χ0) is 14.8. The summed E-state index contributed by atoms with van der Waals surface area (Å²) in [4.78, 5) is 3.92. The Morgan fingerprint density at radius 2 is 1.70 bits per heavy atom. The third kappa shape index (κ3) is 3.17. The highest BCUT2D eigenvalue weighted by atomic mass is 19.4. The van der Waals surface area contributed by atoms with Crippen LogP contribution in [0, 0.1) is 0 Å². The molecule has 2 rings (SSSR count). The molecular formula is C15H15F3N2. The van der Waals surface area contributed by atoms with Crippen molar-refractivity contribution in [2.75, 3.05) is 0 Å². The molecule has 0 radical (unpaired) electrons. The predicted molar refractivity (Wildman–Crippen MR) is 71.0 cm³/mol. The molecule has 20 heavy (non-hydrogen) atoms. The van der Waals surface area contributed by atoms with Crippen LogP contribution in [-0.4, -0.2) is 4.98 Å². The van der Waals surface area contributed by atoms with Gasteiger partial charge in [-0.25, -0.2) is 0 Å². The Kier molecular flexibility index (Phi) is 4.09. The maximum Gasteiger partial charge on any atom is 0.416 e. The molecule has 2 N–H and O–H groups in total. The third-order valence-corrected chi connectivity index (χ3v) is 3.37. The number of pyridine rings is 1. The molecule has 5 heteroatoms. The van der Waals surface area contributed by atoms with E-state index in [1.807, 2.05) is 19.1 Å². The number of rotatable bonds is 3. The van der Waals surface area contributed by atoms with Gasteiger partial charge in [0, 0.05) is 24.4 Å². The van der Waals surface area contributed by atoms with Gasteiger partial charge in [-0.05, 0) is 35.4 Å². The first-order chi connectivity index (χ1) is 9.39. The van der Waals surface area contributed by atoms with Gasteiger partial charge in [0.1, 0.15) is 0 Å². The van der Waals surface area contributed by atoms with Gasteiger partial charge < -0.3 is 5.73 Å². The van der Waals surface area contributed by atoms with Gasteiger partial charge in [-0.2, -0.15) is 13.2 Å². The zero-order valence-electron chi connectivity index (χ0n) is 10.9. The number of nitrogens with zero attached hydrogens (tertiary/aromatic N) is 1. The van der Waals surface area contributed by atoms with Crippen LogP contribution < -0.4 is 5.73 Å². The lowest BCUT2D eigenvalue weighted by Gasteiger charge is -2.21. The Hall–Kier alpha value is -1.88. The number of benzene rings is 1. The molecule has 0 aliphatic carbocycles. The van der Waals surface area contributed by atoms with Gasteiger partial charge in [-0.1, -0.05) is 19.1 Å². The van der Waals surface area contributed by atoms with Crippen LogP contribution >= 0.6 is 0 Å². The Balaban J connectivity index is 2.27. The molecule has 2 atom stereocenters. The monoisotopic (exact) mass is 280 g/mol. The normalized spacial score (nSPS) is 14.8. The second kappa shape index (κ2) is 5.63. The van der Waals surface area contributed by atoms with Gasteiger partial charge in [0.25, 0.3) is 0 Å². The molecular weight excluding hydrogens is 265 g/mol. The first-order valence-corrected chi connectivity index (χ1v) is 6.22. The third-order valence-electron chi connectivity index (χ3n) is 3.37. The molecule has 1 heterocycles. The smallest absolute Gasteiger partial charge is 0.323 e. The molecule has 0 spiro atoms. The lowest BCUT2D eigenvalue weighted by atomic mass is 9.89. The molecule has 0 aliphatic rings. The van der Waals surface area contributed by atoms with E-state index in [0.717, 1.165) is 17.7 Å².